The maximum absolute atomic E-state index is 6.37. The average Bonchev–Trinajstić information content (AvgIpc) is 2.93. The van der Waals surface area contributed by atoms with Gasteiger partial charge in [-0.25, -0.2) is 0 Å². The Labute approximate surface area is 131 Å². The van der Waals surface area contributed by atoms with Crippen molar-refractivity contribution >= 4 is 33.4 Å². The van der Waals surface area contributed by atoms with Crippen molar-refractivity contribution in [2.24, 2.45) is 0 Å². The molecule has 0 spiro atoms. The number of nitrogens with zero attached hydrogens (tertiary/aromatic N) is 4. The molecule has 0 radical (unpaired) electrons. The van der Waals surface area contributed by atoms with E-state index < -0.39 is 0 Å². The van der Waals surface area contributed by atoms with Crippen LogP contribution in [0.4, 0.5) is 0 Å². The third-order valence-corrected chi connectivity index (χ3v) is 3.93. The van der Waals surface area contributed by atoms with Gasteiger partial charge in [0.25, 0.3) is 0 Å². The molecule has 5 heteroatoms. The van der Waals surface area contributed by atoms with Gasteiger partial charge in [0.05, 0.1) is 28.6 Å². The zero-order valence-corrected chi connectivity index (χ0v) is 12.5. The van der Waals surface area contributed by atoms with E-state index in [9.17, 15) is 0 Å². The monoisotopic (exact) mass is 306 g/mol. The number of aryl methyl sites for hydroxylation is 1. The molecule has 2 aromatic heterocycles. The van der Waals surface area contributed by atoms with Crippen LogP contribution in [-0.2, 0) is 0 Å². The molecule has 4 aromatic rings. The highest BCUT2D eigenvalue weighted by atomic mass is 35.5. The van der Waals surface area contributed by atoms with Crippen molar-refractivity contribution in [1.82, 2.24) is 20.2 Å². The van der Waals surface area contributed by atoms with Gasteiger partial charge in [0.15, 0.2) is 0 Å². The Morgan fingerprint density at radius 3 is 2.68 bits per heavy atom. The molecule has 0 unspecified atom stereocenters. The van der Waals surface area contributed by atoms with Crippen LogP contribution in [0.15, 0.2) is 48.8 Å². The predicted molar refractivity (Wildman–Crippen MR) is 87.8 cm³/mol. The van der Waals surface area contributed by atoms with Crippen LogP contribution < -0.4 is 0 Å². The van der Waals surface area contributed by atoms with Crippen molar-refractivity contribution in [3.8, 4) is 11.3 Å². The molecule has 0 aliphatic rings. The normalized spacial score (nSPS) is 11.2. The summed E-state index contributed by atoms with van der Waals surface area (Å²) in [5, 5.41) is 10.6. The molecule has 2 aromatic carbocycles. The van der Waals surface area contributed by atoms with Crippen LogP contribution in [0.25, 0.3) is 33.1 Å². The molecule has 0 fully saturated rings. The lowest BCUT2D eigenvalue weighted by Gasteiger charge is -2.04. The Morgan fingerprint density at radius 2 is 1.82 bits per heavy atom. The Hall–Kier alpha value is -2.59. The molecular weight excluding hydrogens is 296 g/mol. The highest BCUT2D eigenvalue weighted by Crippen LogP contribution is 2.33. The first-order valence-electron chi connectivity index (χ1n) is 6.87. The smallest absolute Gasteiger partial charge is 0.0967 e. The molecule has 4 nitrogen and oxygen atoms in total. The molecule has 0 bridgehead atoms. The minimum Gasteiger partial charge on any atom is -0.254 e. The summed E-state index contributed by atoms with van der Waals surface area (Å²) >= 11 is 6.37. The van der Waals surface area contributed by atoms with E-state index in [1.807, 2.05) is 43.3 Å². The molecule has 0 aliphatic carbocycles. The van der Waals surface area contributed by atoms with Gasteiger partial charge in [0.1, 0.15) is 0 Å². The molecule has 106 valence electrons. The average molecular weight is 307 g/mol. The van der Waals surface area contributed by atoms with E-state index in [1.54, 1.807) is 12.4 Å². The molecule has 0 atom stereocenters. The van der Waals surface area contributed by atoms with E-state index in [4.69, 9.17) is 16.6 Å². The van der Waals surface area contributed by atoms with Gasteiger partial charge in [0, 0.05) is 27.6 Å². The molecule has 2 heterocycles. The van der Waals surface area contributed by atoms with Gasteiger partial charge >= 0.3 is 0 Å². The van der Waals surface area contributed by atoms with Crippen LogP contribution in [0, 0.1) is 6.92 Å². The first-order chi connectivity index (χ1) is 10.7. The van der Waals surface area contributed by atoms with Gasteiger partial charge in [-0.15, -0.1) is 0 Å². The molecule has 0 aliphatic heterocycles. The van der Waals surface area contributed by atoms with Crippen LogP contribution >= 0.6 is 11.6 Å². The number of rotatable bonds is 1. The molecule has 0 amide bonds. The summed E-state index contributed by atoms with van der Waals surface area (Å²) in [6.45, 7) is 1.92. The Balaban J connectivity index is 2.21. The standard InChI is InChI=1S/C17H11ClN4/c1-10-8-19-16-12(6-7-15-13(16)9-20-22-15)17(21-10)11-4-2-3-5-14(11)18/h2-9H,1H3. The maximum Gasteiger partial charge on any atom is 0.0967 e. The number of aromatic nitrogens is 4. The van der Waals surface area contributed by atoms with Gasteiger partial charge < -0.3 is 0 Å². The summed E-state index contributed by atoms with van der Waals surface area (Å²) in [4.78, 5) is 9.27. The van der Waals surface area contributed by atoms with Crippen molar-refractivity contribution in [2.45, 2.75) is 6.92 Å². The van der Waals surface area contributed by atoms with Crippen molar-refractivity contribution in [3.63, 3.8) is 0 Å². The van der Waals surface area contributed by atoms with Crippen molar-refractivity contribution in [2.75, 3.05) is 0 Å². The van der Waals surface area contributed by atoms with E-state index in [1.165, 1.54) is 0 Å². The van der Waals surface area contributed by atoms with Crippen LogP contribution in [0.2, 0.25) is 5.02 Å². The van der Waals surface area contributed by atoms with E-state index in [2.05, 4.69) is 15.2 Å². The fourth-order valence-corrected chi connectivity index (χ4v) is 2.80. The minimum absolute atomic E-state index is 0.667. The third-order valence-electron chi connectivity index (χ3n) is 3.60. The Bertz CT molecular complexity index is 1010. The van der Waals surface area contributed by atoms with E-state index in [0.717, 1.165) is 38.8 Å². The lowest BCUT2D eigenvalue weighted by atomic mass is 10.1. The molecule has 4 rings (SSSR count). The minimum atomic E-state index is 0.667. The number of hydrogen-bond donors (Lipinski definition) is 0. The molecule has 0 saturated heterocycles. The second kappa shape index (κ2) is 5.00. The molecule has 22 heavy (non-hydrogen) atoms. The highest BCUT2D eigenvalue weighted by Gasteiger charge is 2.12. The summed E-state index contributed by atoms with van der Waals surface area (Å²) < 4.78 is 0. The van der Waals surface area contributed by atoms with Crippen LogP contribution in [0.1, 0.15) is 5.69 Å². The predicted octanol–water partition coefficient (Wildman–Crippen LogP) is 4.20. The SMILES string of the molecule is Cc1cnc2c(ccc3nncc32)c(-c2ccccc2Cl)n1. The number of benzene rings is 2. The van der Waals surface area contributed by atoms with E-state index in [-0.39, 0.29) is 0 Å². The topological polar surface area (TPSA) is 51.6 Å². The van der Waals surface area contributed by atoms with Crippen molar-refractivity contribution in [3.05, 3.63) is 59.5 Å². The van der Waals surface area contributed by atoms with E-state index >= 15 is 0 Å². The van der Waals surface area contributed by atoms with Gasteiger partial charge in [-0.1, -0.05) is 29.8 Å². The fourth-order valence-electron chi connectivity index (χ4n) is 2.57. The van der Waals surface area contributed by atoms with Crippen molar-refractivity contribution in [1.29, 1.82) is 0 Å². The second-order valence-electron chi connectivity index (χ2n) is 5.08. The second-order valence-corrected chi connectivity index (χ2v) is 5.49. The zero-order valence-electron chi connectivity index (χ0n) is 11.8. The Kier molecular flexibility index (Phi) is 2.98. The lowest BCUT2D eigenvalue weighted by molar-refractivity contribution is 1.12. The zero-order chi connectivity index (χ0) is 15.1. The van der Waals surface area contributed by atoms with Crippen LogP contribution in [0.3, 0.4) is 0 Å². The van der Waals surface area contributed by atoms with Crippen LogP contribution in [0.5, 0.6) is 0 Å². The summed E-state index contributed by atoms with van der Waals surface area (Å²) in [6.07, 6.45) is 3.49. The number of hydrogen-bond acceptors (Lipinski definition) is 4. The molecule has 0 saturated carbocycles. The van der Waals surface area contributed by atoms with E-state index in [0.29, 0.717) is 5.02 Å². The first kappa shape index (κ1) is 13.1. The number of halogens is 1. The highest BCUT2D eigenvalue weighted by molar-refractivity contribution is 6.33. The first-order valence-corrected chi connectivity index (χ1v) is 7.24. The van der Waals surface area contributed by atoms with Gasteiger partial charge in [-0.2, -0.15) is 10.2 Å². The largest absolute Gasteiger partial charge is 0.254 e. The summed E-state index contributed by atoms with van der Waals surface area (Å²) in [5.74, 6) is 0. The van der Waals surface area contributed by atoms with Gasteiger partial charge in [-0.3, -0.25) is 9.97 Å². The van der Waals surface area contributed by atoms with Gasteiger partial charge in [-0.05, 0) is 25.1 Å². The number of fused-ring (bicyclic) bond motifs is 3. The van der Waals surface area contributed by atoms with Gasteiger partial charge in [0.2, 0.25) is 0 Å². The quantitative estimate of drug-likeness (QED) is 0.529. The molecular formula is C17H11ClN4. The third kappa shape index (κ3) is 2.00. The fraction of sp³-hybridized carbons (Fsp3) is 0.0588. The van der Waals surface area contributed by atoms with Crippen LogP contribution in [-0.4, -0.2) is 20.2 Å². The van der Waals surface area contributed by atoms with Crippen molar-refractivity contribution < 1.29 is 0 Å². The summed E-state index contributed by atoms with van der Waals surface area (Å²) in [7, 11) is 0. The summed E-state index contributed by atoms with van der Waals surface area (Å²) in [6, 6.07) is 11.6. The summed E-state index contributed by atoms with van der Waals surface area (Å²) in [5.41, 5.74) is 4.19. The Morgan fingerprint density at radius 1 is 0.955 bits per heavy atom. The molecule has 0 N–H and O–H groups in total. The maximum atomic E-state index is 6.37. The lowest BCUT2D eigenvalue weighted by Crippen LogP contribution is -1.85.